The van der Waals surface area contributed by atoms with E-state index >= 15 is 0 Å². The summed E-state index contributed by atoms with van der Waals surface area (Å²) >= 11 is 0. The largest absolute Gasteiger partial charge is 0.342 e. The zero-order chi connectivity index (χ0) is 19.0. The second kappa shape index (κ2) is 7.10. The van der Waals surface area contributed by atoms with Crippen LogP contribution in [0.25, 0.3) is 17.2 Å². The fourth-order valence-electron chi connectivity index (χ4n) is 3.78. The highest BCUT2D eigenvalue weighted by molar-refractivity contribution is 5.79. The number of amides is 1. The first-order chi connectivity index (χ1) is 13.0. The molecular weight excluding hydrogens is 338 g/mol. The summed E-state index contributed by atoms with van der Waals surface area (Å²) in [4.78, 5) is 23.9. The van der Waals surface area contributed by atoms with Gasteiger partial charge < -0.3 is 4.90 Å². The van der Waals surface area contributed by atoms with Gasteiger partial charge in [-0.15, -0.1) is 5.10 Å². The number of nitrogens with zero attached hydrogens (tertiary/aromatic N) is 5. The van der Waals surface area contributed by atoms with Gasteiger partial charge in [0, 0.05) is 35.6 Å². The van der Waals surface area contributed by atoms with Crippen LogP contribution in [0.5, 0.6) is 0 Å². The molecule has 0 atom stereocenters. The van der Waals surface area contributed by atoms with Crippen molar-refractivity contribution in [3.05, 3.63) is 46.8 Å². The predicted octanol–water partition coefficient (Wildman–Crippen LogP) is 3.27. The van der Waals surface area contributed by atoms with E-state index in [1.807, 2.05) is 30.9 Å². The SMILES string of the molecule is Cc1cccc(-c2nc3nc(C)c(CC(=O)N4CCCCC4)c(C)n3n2)c1. The van der Waals surface area contributed by atoms with Crippen molar-refractivity contribution in [2.24, 2.45) is 0 Å². The number of hydrogen-bond acceptors (Lipinski definition) is 4. The van der Waals surface area contributed by atoms with Crippen molar-refractivity contribution in [3.63, 3.8) is 0 Å². The van der Waals surface area contributed by atoms with Crippen molar-refractivity contribution in [3.8, 4) is 11.4 Å². The average molecular weight is 363 g/mol. The summed E-state index contributed by atoms with van der Waals surface area (Å²) in [5, 5.41) is 4.66. The van der Waals surface area contributed by atoms with Gasteiger partial charge in [0.05, 0.1) is 6.42 Å². The number of carbonyl (C=O) groups is 1. The van der Waals surface area contributed by atoms with E-state index in [-0.39, 0.29) is 5.91 Å². The zero-order valence-electron chi connectivity index (χ0n) is 16.2. The fraction of sp³-hybridized carbons (Fsp3) is 0.429. The van der Waals surface area contributed by atoms with Crippen LogP contribution in [0.2, 0.25) is 0 Å². The van der Waals surface area contributed by atoms with Crippen molar-refractivity contribution in [1.82, 2.24) is 24.5 Å². The molecule has 6 nitrogen and oxygen atoms in total. The summed E-state index contributed by atoms with van der Waals surface area (Å²) in [5.74, 6) is 1.42. The first kappa shape index (κ1) is 17.6. The Kier molecular flexibility index (Phi) is 4.64. The molecule has 3 aromatic rings. The molecule has 1 saturated heterocycles. The van der Waals surface area contributed by atoms with E-state index in [0.29, 0.717) is 18.0 Å². The lowest BCUT2D eigenvalue weighted by Crippen LogP contribution is -2.37. The number of carbonyl (C=O) groups excluding carboxylic acids is 1. The highest BCUT2D eigenvalue weighted by Gasteiger charge is 2.21. The third kappa shape index (κ3) is 3.44. The summed E-state index contributed by atoms with van der Waals surface area (Å²) in [6.45, 7) is 7.74. The van der Waals surface area contributed by atoms with Crippen molar-refractivity contribution >= 4 is 11.7 Å². The maximum atomic E-state index is 12.7. The van der Waals surface area contributed by atoms with Gasteiger partial charge in [0.25, 0.3) is 5.78 Å². The second-order valence-corrected chi connectivity index (χ2v) is 7.40. The molecule has 6 heteroatoms. The standard InChI is InChI=1S/C21H25N5O/c1-14-8-7-9-17(12-14)20-23-21-22-15(2)18(16(3)26(21)24-20)13-19(27)25-10-5-4-6-11-25/h7-9,12H,4-6,10-11,13H2,1-3H3. The molecular formula is C21H25N5O. The van der Waals surface area contributed by atoms with E-state index in [2.05, 4.69) is 34.1 Å². The van der Waals surface area contributed by atoms with Gasteiger partial charge in [-0.2, -0.15) is 4.98 Å². The Balaban J connectivity index is 1.69. The summed E-state index contributed by atoms with van der Waals surface area (Å²) < 4.78 is 1.77. The number of rotatable bonds is 3. The fourth-order valence-corrected chi connectivity index (χ4v) is 3.78. The Labute approximate surface area is 159 Å². The van der Waals surface area contributed by atoms with Crippen molar-refractivity contribution < 1.29 is 4.79 Å². The number of aryl methyl sites for hydroxylation is 3. The molecule has 0 saturated carbocycles. The Morgan fingerprint density at radius 3 is 2.59 bits per heavy atom. The Hall–Kier alpha value is -2.76. The number of hydrogen-bond donors (Lipinski definition) is 0. The van der Waals surface area contributed by atoms with Gasteiger partial charge in [-0.05, 0) is 46.1 Å². The van der Waals surface area contributed by atoms with Gasteiger partial charge in [-0.25, -0.2) is 9.50 Å². The van der Waals surface area contributed by atoms with E-state index in [9.17, 15) is 4.79 Å². The maximum absolute atomic E-state index is 12.7. The van der Waals surface area contributed by atoms with Crippen LogP contribution < -0.4 is 0 Å². The minimum absolute atomic E-state index is 0.182. The predicted molar refractivity (Wildman–Crippen MR) is 105 cm³/mol. The third-order valence-corrected chi connectivity index (χ3v) is 5.36. The molecule has 0 bridgehead atoms. The Morgan fingerprint density at radius 2 is 1.85 bits per heavy atom. The third-order valence-electron chi connectivity index (χ3n) is 5.36. The normalized spacial score (nSPS) is 14.7. The first-order valence-corrected chi connectivity index (χ1v) is 9.60. The smallest absolute Gasteiger partial charge is 0.253 e. The number of piperidine rings is 1. The number of likely N-dealkylation sites (tertiary alicyclic amines) is 1. The van der Waals surface area contributed by atoms with Crippen LogP contribution in [0.1, 0.15) is 41.8 Å². The highest BCUT2D eigenvalue weighted by atomic mass is 16.2. The number of benzene rings is 1. The van der Waals surface area contributed by atoms with Crippen molar-refractivity contribution in [2.75, 3.05) is 13.1 Å². The Bertz CT molecular complexity index is 1000. The summed E-state index contributed by atoms with van der Waals surface area (Å²) in [6, 6.07) is 8.13. The van der Waals surface area contributed by atoms with Crippen LogP contribution in [-0.2, 0) is 11.2 Å². The van der Waals surface area contributed by atoms with Gasteiger partial charge in [0.15, 0.2) is 5.82 Å². The molecule has 0 N–H and O–H groups in total. The molecule has 1 aliphatic rings. The van der Waals surface area contributed by atoms with E-state index < -0.39 is 0 Å². The molecule has 140 valence electrons. The molecule has 2 aromatic heterocycles. The molecule has 4 rings (SSSR count). The van der Waals surface area contributed by atoms with Gasteiger partial charge >= 0.3 is 0 Å². The molecule has 1 aliphatic heterocycles. The van der Waals surface area contributed by atoms with Crippen LogP contribution in [0, 0.1) is 20.8 Å². The van der Waals surface area contributed by atoms with Gasteiger partial charge in [-0.3, -0.25) is 4.79 Å². The molecule has 1 aromatic carbocycles. The molecule has 0 radical (unpaired) electrons. The van der Waals surface area contributed by atoms with E-state index in [1.54, 1.807) is 4.52 Å². The number of fused-ring (bicyclic) bond motifs is 1. The van der Waals surface area contributed by atoms with Crippen LogP contribution in [-0.4, -0.2) is 43.5 Å². The van der Waals surface area contributed by atoms with Gasteiger partial charge in [-0.1, -0.05) is 23.8 Å². The van der Waals surface area contributed by atoms with Gasteiger partial charge in [0.2, 0.25) is 5.91 Å². The van der Waals surface area contributed by atoms with Crippen LogP contribution in [0.4, 0.5) is 0 Å². The number of aromatic nitrogens is 4. The van der Waals surface area contributed by atoms with Crippen LogP contribution >= 0.6 is 0 Å². The summed E-state index contributed by atoms with van der Waals surface area (Å²) in [6.07, 6.45) is 3.80. The second-order valence-electron chi connectivity index (χ2n) is 7.40. The van der Waals surface area contributed by atoms with Crippen molar-refractivity contribution in [2.45, 2.75) is 46.5 Å². The lowest BCUT2D eigenvalue weighted by molar-refractivity contribution is -0.131. The highest BCUT2D eigenvalue weighted by Crippen LogP contribution is 2.21. The summed E-state index contributed by atoms with van der Waals surface area (Å²) in [5.41, 5.74) is 4.89. The topological polar surface area (TPSA) is 63.4 Å². The minimum Gasteiger partial charge on any atom is -0.342 e. The van der Waals surface area contributed by atoms with Crippen LogP contribution in [0.3, 0.4) is 0 Å². The quantitative estimate of drug-likeness (QED) is 0.716. The summed E-state index contributed by atoms with van der Waals surface area (Å²) in [7, 11) is 0. The minimum atomic E-state index is 0.182. The molecule has 0 unspecified atom stereocenters. The lowest BCUT2D eigenvalue weighted by atomic mass is 10.1. The maximum Gasteiger partial charge on any atom is 0.253 e. The molecule has 27 heavy (non-hydrogen) atoms. The molecule has 0 spiro atoms. The first-order valence-electron chi connectivity index (χ1n) is 9.60. The monoisotopic (exact) mass is 363 g/mol. The molecule has 1 fully saturated rings. The van der Waals surface area contributed by atoms with Crippen LogP contribution in [0.15, 0.2) is 24.3 Å². The van der Waals surface area contributed by atoms with E-state index in [1.165, 1.54) is 12.0 Å². The molecule has 1 amide bonds. The average Bonchev–Trinajstić information content (AvgIpc) is 3.10. The Morgan fingerprint density at radius 1 is 1.07 bits per heavy atom. The van der Waals surface area contributed by atoms with Gasteiger partial charge in [0.1, 0.15) is 0 Å². The van der Waals surface area contributed by atoms with E-state index in [0.717, 1.165) is 48.4 Å². The zero-order valence-corrected chi connectivity index (χ0v) is 16.2. The molecule has 3 heterocycles. The van der Waals surface area contributed by atoms with E-state index in [4.69, 9.17) is 0 Å². The lowest BCUT2D eigenvalue weighted by Gasteiger charge is -2.27. The van der Waals surface area contributed by atoms with Crippen molar-refractivity contribution in [1.29, 1.82) is 0 Å². The molecule has 0 aliphatic carbocycles.